The third-order valence-electron chi connectivity index (χ3n) is 3.89. The molecule has 0 aliphatic heterocycles. The van der Waals surface area contributed by atoms with Gasteiger partial charge in [0.1, 0.15) is 5.75 Å². The largest absolute Gasteiger partial charge is 0.496 e. The van der Waals surface area contributed by atoms with Crippen LogP contribution < -0.4 is 10.1 Å². The standard InChI is InChI=1S/C18H31NO2/c1-7-9-15(20-5)18(19-10-8-2)17-14(4)11-13(3)12-16(17)21-6/h11-12,15,18-19H,7-10H2,1-6H3. The zero-order valence-electron chi connectivity index (χ0n) is 14.5. The Morgan fingerprint density at radius 2 is 1.81 bits per heavy atom. The van der Waals surface area contributed by atoms with Gasteiger partial charge < -0.3 is 14.8 Å². The normalized spacial score (nSPS) is 14.0. The van der Waals surface area contributed by atoms with Crippen molar-refractivity contribution in [2.24, 2.45) is 0 Å². The highest BCUT2D eigenvalue weighted by Crippen LogP contribution is 2.34. The quantitative estimate of drug-likeness (QED) is 0.741. The molecule has 0 heterocycles. The molecular formula is C18H31NO2. The monoisotopic (exact) mass is 293 g/mol. The van der Waals surface area contributed by atoms with Gasteiger partial charge in [-0.3, -0.25) is 0 Å². The molecule has 0 saturated heterocycles. The molecule has 1 rings (SSSR count). The number of methoxy groups -OCH3 is 2. The highest BCUT2D eigenvalue weighted by molar-refractivity contribution is 5.45. The molecule has 2 unspecified atom stereocenters. The van der Waals surface area contributed by atoms with E-state index in [1.54, 1.807) is 14.2 Å². The minimum absolute atomic E-state index is 0.164. The minimum atomic E-state index is 0.164. The lowest BCUT2D eigenvalue weighted by molar-refractivity contribution is 0.0596. The molecule has 21 heavy (non-hydrogen) atoms. The third kappa shape index (κ3) is 4.72. The Kier molecular flexibility index (Phi) is 7.76. The first-order chi connectivity index (χ1) is 10.1. The Balaban J connectivity index is 3.23. The van der Waals surface area contributed by atoms with Gasteiger partial charge in [-0.05, 0) is 50.4 Å². The molecular weight excluding hydrogens is 262 g/mol. The van der Waals surface area contributed by atoms with Crippen molar-refractivity contribution < 1.29 is 9.47 Å². The number of hydrogen-bond donors (Lipinski definition) is 1. The first-order valence-electron chi connectivity index (χ1n) is 8.00. The van der Waals surface area contributed by atoms with E-state index in [9.17, 15) is 0 Å². The summed E-state index contributed by atoms with van der Waals surface area (Å²) >= 11 is 0. The van der Waals surface area contributed by atoms with Crippen molar-refractivity contribution in [2.45, 2.75) is 59.1 Å². The summed E-state index contributed by atoms with van der Waals surface area (Å²) in [5, 5.41) is 3.65. The van der Waals surface area contributed by atoms with Gasteiger partial charge in [0.2, 0.25) is 0 Å². The molecule has 3 heteroatoms. The number of nitrogens with one attached hydrogen (secondary N) is 1. The van der Waals surface area contributed by atoms with Crippen LogP contribution in [-0.2, 0) is 4.74 Å². The molecule has 0 fully saturated rings. The Labute approximate surface area is 130 Å². The molecule has 0 spiro atoms. The molecule has 0 saturated carbocycles. The van der Waals surface area contributed by atoms with Crippen LogP contribution in [0.3, 0.4) is 0 Å². The zero-order chi connectivity index (χ0) is 15.8. The van der Waals surface area contributed by atoms with Crippen LogP contribution in [0.5, 0.6) is 5.75 Å². The molecule has 0 radical (unpaired) electrons. The SMILES string of the molecule is CCCNC(c1c(C)cc(C)cc1OC)C(CCC)OC. The molecule has 3 nitrogen and oxygen atoms in total. The van der Waals surface area contributed by atoms with Crippen molar-refractivity contribution in [3.05, 3.63) is 28.8 Å². The fraction of sp³-hybridized carbons (Fsp3) is 0.667. The van der Waals surface area contributed by atoms with Gasteiger partial charge in [0.25, 0.3) is 0 Å². The first kappa shape index (κ1) is 18.0. The van der Waals surface area contributed by atoms with Gasteiger partial charge in [0.15, 0.2) is 0 Å². The van der Waals surface area contributed by atoms with Gasteiger partial charge in [0.05, 0.1) is 19.3 Å². The molecule has 0 amide bonds. The summed E-state index contributed by atoms with van der Waals surface area (Å²) < 4.78 is 11.4. The van der Waals surface area contributed by atoms with Crippen molar-refractivity contribution in [3.63, 3.8) is 0 Å². The summed E-state index contributed by atoms with van der Waals surface area (Å²) in [4.78, 5) is 0. The van der Waals surface area contributed by atoms with Crippen LogP contribution in [0, 0.1) is 13.8 Å². The maximum absolute atomic E-state index is 5.77. The Hall–Kier alpha value is -1.06. The van der Waals surface area contributed by atoms with Crippen LogP contribution in [-0.4, -0.2) is 26.9 Å². The lowest BCUT2D eigenvalue weighted by Crippen LogP contribution is -2.34. The van der Waals surface area contributed by atoms with Crippen LogP contribution in [0.25, 0.3) is 0 Å². The van der Waals surface area contributed by atoms with E-state index in [1.165, 1.54) is 16.7 Å². The summed E-state index contributed by atoms with van der Waals surface area (Å²) in [6.45, 7) is 9.62. The summed E-state index contributed by atoms with van der Waals surface area (Å²) in [6.07, 6.45) is 3.41. The maximum atomic E-state index is 5.77. The second-order valence-corrected chi connectivity index (χ2v) is 5.69. The molecule has 2 atom stereocenters. The van der Waals surface area contributed by atoms with Gasteiger partial charge in [-0.1, -0.05) is 26.3 Å². The number of hydrogen-bond acceptors (Lipinski definition) is 3. The Bertz CT molecular complexity index is 431. The van der Waals surface area contributed by atoms with E-state index >= 15 is 0 Å². The Morgan fingerprint density at radius 3 is 2.33 bits per heavy atom. The van der Waals surface area contributed by atoms with E-state index in [1.807, 2.05) is 0 Å². The summed E-state index contributed by atoms with van der Waals surface area (Å²) in [7, 11) is 3.55. The van der Waals surface area contributed by atoms with Crippen LogP contribution in [0.2, 0.25) is 0 Å². The highest BCUT2D eigenvalue weighted by atomic mass is 16.5. The van der Waals surface area contributed by atoms with E-state index in [0.717, 1.165) is 31.6 Å². The number of ether oxygens (including phenoxy) is 2. The van der Waals surface area contributed by atoms with Crippen molar-refractivity contribution in [3.8, 4) is 5.75 Å². The van der Waals surface area contributed by atoms with Crippen molar-refractivity contribution in [1.29, 1.82) is 0 Å². The van der Waals surface area contributed by atoms with Crippen LogP contribution in [0.4, 0.5) is 0 Å². The molecule has 1 aromatic rings. The Morgan fingerprint density at radius 1 is 1.10 bits per heavy atom. The lowest BCUT2D eigenvalue weighted by atomic mass is 9.92. The van der Waals surface area contributed by atoms with Gasteiger partial charge >= 0.3 is 0 Å². The number of benzene rings is 1. The summed E-state index contributed by atoms with van der Waals surface area (Å²) in [5.41, 5.74) is 3.72. The van der Waals surface area contributed by atoms with Crippen LogP contribution in [0.1, 0.15) is 55.8 Å². The third-order valence-corrected chi connectivity index (χ3v) is 3.89. The first-order valence-corrected chi connectivity index (χ1v) is 8.00. The van der Waals surface area contributed by atoms with Crippen molar-refractivity contribution in [2.75, 3.05) is 20.8 Å². The van der Waals surface area contributed by atoms with E-state index < -0.39 is 0 Å². The molecule has 0 aliphatic rings. The predicted molar refractivity (Wildman–Crippen MR) is 89.2 cm³/mol. The van der Waals surface area contributed by atoms with Crippen LogP contribution in [0.15, 0.2) is 12.1 Å². The van der Waals surface area contributed by atoms with Gasteiger partial charge in [-0.2, -0.15) is 0 Å². The number of rotatable bonds is 9. The molecule has 0 aromatic heterocycles. The average molecular weight is 293 g/mol. The average Bonchev–Trinajstić information content (AvgIpc) is 2.46. The number of aryl methyl sites for hydroxylation is 2. The molecule has 0 bridgehead atoms. The zero-order valence-corrected chi connectivity index (χ0v) is 14.5. The highest BCUT2D eigenvalue weighted by Gasteiger charge is 2.26. The summed E-state index contributed by atoms with van der Waals surface area (Å²) in [5.74, 6) is 0.958. The summed E-state index contributed by atoms with van der Waals surface area (Å²) in [6, 6.07) is 4.50. The topological polar surface area (TPSA) is 30.5 Å². The predicted octanol–water partition coefficient (Wildman–Crippen LogP) is 4.17. The molecule has 120 valence electrons. The van der Waals surface area contributed by atoms with Crippen molar-refractivity contribution in [1.82, 2.24) is 5.32 Å². The van der Waals surface area contributed by atoms with Gasteiger partial charge in [-0.25, -0.2) is 0 Å². The fourth-order valence-corrected chi connectivity index (χ4v) is 2.93. The fourth-order valence-electron chi connectivity index (χ4n) is 2.93. The minimum Gasteiger partial charge on any atom is -0.496 e. The van der Waals surface area contributed by atoms with E-state index in [4.69, 9.17) is 9.47 Å². The van der Waals surface area contributed by atoms with Gasteiger partial charge in [-0.15, -0.1) is 0 Å². The second kappa shape index (κ2) is 9.06. The van der Waals surface area contributed by atoms with E-state index in [0.29, 0.717) is 0 Å². The van der Waals surface area contributed by atoms with Crippen molar-refractivity contribution >= 4 is 0 Å². The van der Waals surface area contributed by atoms with Crippen LogP contribution >= 0.6 is 0 Å². The molecule has 0 aliphatic carbocycles. The maximum Gasteiger partial charge on any atom is 0.124 e. The molecule has 1 aromatic carbocycles. The second-order valence-electron chi connectivity index (χ2n) is 5.69. The molecule has 1 N–H and O–H groups in total. The smallest absolute Gasteiger partial charge is 0.124 e. The lowest BCUT2D eigenvalue weighted by Gasteiger charge is -2.30. The van der Waals surface area contributed by atoms with E-state index in [2.05, 4.69) is 45.1 Å². The van der Waals surface area contributed by atoms with Gasteiger partial charge in [0, 0.05) is 12.7 Å². The van der Waals surface area contributed by atoms with E-state index in [-0.39, 0.29) is 12.1 Å².